The van der Waals surface area contributed by atoms with E-state index in [0.29, 0.717) is 24.9 Å². The zero-order valence-corrected chi connectivity index (χ0v) is 11.6. The molecule has 0 aliphatic carbocycles. The second-order valence-corrected chi connectivity index (χ2v) is 3.89. The van der Waals surface area contributed by atoms with E-state index in [1.807, 2.05) is 44.2 Å². The van der Waals surface area contributed by atoms with Crippen LogP contribution in [0.2, 0.25) is 0 Å². The van der Waals surface area contributed by atoms with E-state index in [4.69, 9.17) is 18.7 Å². The maximum atomic E-state index is 5.54. The van der Waals surface area contributed by atoms with Gasteiger partial charge in [-0.05, 0) is 26.0 Å². The summed E-state index contributed by atoms with van der Waals surface area (Å²) in [5.41, 5.74) is 0. The van der Waals surface area contributed by atoms with Crippen molar-refractivity contribution in [1.82, 2.24) is 10.1 Å². The monoisotopic (exact) mass is 278 g/mol. The third kappa shape index (κ3) is 4.04. The van der Waals surface area contributed by atoms with Crippen molar-refractivity contribution in [3.05, 3.63) is 42.0 Å². The van der Waals surface area contributed by atoms with Gasteiger partial charge in [0.1, 0.15) is 5.75 Å². The summed E-state index contributed by atoms with van der Waals surface area (Å²) < 4.78 is 21.4. The van der Waals surface area contributed by atoms with Gasteiger partial charge in [0.25, 0.3) is 5.89 Å². The van der Waals surface area contributed by atoms with Gasteiger partial charge >= 0.3 is 0 Å². The fraction of sp³-hybridized carbons (Fsp3) is 0.429. The van der Waals surface area contributed by atoms with Crippen LogP contribution in [0.4, 0.5) is 0 Å². The Labute approximate surface area is 117 Å². The average molecular weight is 278 g/mol. The predicted molar refractivity (Wildman–Crippen MR) is 71.1 cm³/mol. The molecule has 20 heavy (non-hydrogen) atoms. The van der Waals surface area contributed by atoms with Crippen molar-refractivity contribution in [2.45, 2.75) is 26.7 Å². The molecule has 0 saturated heterocycles. The summed E-state index contributed by atoms with van der Waals surface area (Å²) in [6.07, 6.45) is -0.622. The Morgan fingerprint density at radius 1 is 1.10 bits per heavy atom. The fourth-order valence-corrected chi connectivity index (χ4v) is 1.58. The molecular weight excluding hydrogens is 260 g/mol. The molecule has 1 aromatic heterocycles. The maximum Gasteiger partial charge on any atom is 0.283 e. The van der Waals surface area contributed by atoms with Crippen LogP contribution in [-0.2, 0) is 16.1 Å². The number of hydrogen-bond acceptors (Lipinski definition) is 6. The number of ether oxygens (including phenoxy) is 3. The van der Waals surface area contributed by atoms with Crippen molar-refractivity contribution in [3.8, 4) is 5.75 Å². The van der Waals surface area contributed by atoms with E-state index in [0.717, 1.165) is 5.75 Å². The van der Waals surface area contributed by atoms with Crippen LogP contribution >= 0.6 is 0 Å². The highest BCUT2D eigenvalue weighted by Crippen LogP contribution is 2.17. The third-order valence-electron chi connectivity index (χ3n) is 2.43. The number of nitrogens with zero attached hydrogens (tertiary/aromatic N) is 2. The molecule has 0 unspecified atom stereocenters. The summed E-state index contributed by atoms with van der Waals surface area (Å²) in [5, 5.41) is 3.85. The van der Waals surface area contributed by atoms with Gasteiger partial charge in [-0.3, -0.25) is 0 Å². The van der Waals surface area contributed by atoms with Crippen LogP contribution in [0, 0.1) is 0 Å². The first-order valence-corrected chi connectivity index (χ1v) is 6.57. The smallest absolute Gasteiger partial charge is 0.283 e. The lowest BCUT2D eigenvalue weighted by molar-refractivity contribution is -0.155. The quantitative estimate of drug-likeness (QED) is 0.692. The number of benzene rings is 1. The molecule has 1 aromatic carbocycles. The Balaban J connectivity index is 1.94. The lowest BCUT2D eigenvalue weighted by Gasteiger charge is -2.11. The summed E-state index contributed by atoms with van der Waals surface area (Å²) in [4.78, 5) is 4.21. The van der Waals surface area contributed by atoms with Crippen LogP contribution in [0.1, 0.15) is 31.9 Å². The van der Waals surface area contributed by atoms with Crippen molar-refractivity contribution >= 4 is 0 Å². The van der Waals surface area contributed by atoms with Crippen molar-refractivity contribution in [2.24, 2.45) is 0 Å². The SMILES string of the molecule is CCOC(OCC)c1nc(COc2ccccc2)no1. The van der Waals surface area contributed by atoms with Gasteiger partial charge in [0.05, 0.1) is 0 Å². The van der Waals surface area contributed by atoms with Gasteiger partial charge in [-0.25, -0.2) is 0 Å². The van der Waals surface area contributed by atoms with Gasteiger partial charge in [-0.15, -0.1) is 0 Å². The van der Waals surface area contributed by atoms with Crippen LogP contribution in [-0.4, -0.2) is 23.4 Å². The number of hydrogen-bond donors (Lipinski definition) is 0. The lowest BCUT2D eigenvalue weighted by Crippen LogP contribution is -2.09. The zero-order valence-electron chi connectivity index (χ0n) is 11.6. The van der Waals surface area contributed by atoms with Gasteiger partial charge in [0.2, 0.25) is 12.1 Å². The van der Waals surface area contributed by atoms with Gasteiger partial charge < -0.3 is 18.7 Å². The van der Waals surface area contributed by atoms with E-state index < -0.39 is 6.29 Å². The van der Waals surface area contributed by atoms with Crippen molar-refractivity contribution in [3.63, 3.8) is 0 Å². The molecule has 0 saturated carbocycles. The molecule has 6 nitrogen and oxygen atoms in total. The minimum absolute atomic E-state index is 0.235. The van der Waals surface area contributed by atoms with Gasteiger partial charge in [0.15, 0.2) is 6.61 Å². The van der Waals surface area contributed by atoms with E-state index in [9.17, 15) is 0 Å². The molecule has 2 aromatic rings. The summed E-state index contributed by atoms with van der Waals surface area (Å²) >= 11 is 0. The molecule has 0 atom stereocenters. The number of aromatic nitrogens is 2. The van der Waals surface area contributed by atoms with Gasteiger partial charge in [-0.2, -0.15) is 4.98 Å². The van der Waals surface area contributed by atoms with Crippen molar-refractivity contribution in [2.75, 3.05) is 13.2 Å². The molecule has 2 rings (SSSR count). The molecule has 0 bridgehead atoms. The topological polar surface area (TPSA) is 66.6 Å². The molecule has 1 heterocycles. The summed E-state index contributed by atoms with van der Waals surface area (Å²) in [7, 11) is 0. The largest absolute Gasteiger partial charge is 0.485 e. The van der Waals surface area contributed by atoms with Gasteiger partial charge in [0, 0.05) is 13.2 Å². The van der Waals surface area contributed by atoms with Crippen LogP contribution in [0.25, 0.3) is 0 Å². The van der Waals surface area contributed by atoms with Crippen LogP contribution < -0.4 is 4.74 Å². The summed E-state index contributed by atoms with van der Waals surface area (Å²) in [5.74, 6) is 1.51. The molecular formula is C14H18N2O4. The summed E-state index contributed by atoms with van der Waals surface area (Å²) in [6, 6.07) is 9.46. The molecule has 0 amide bonds. The van der Waals surface area contributed by atoms with E-state index >= 15 is 0 Å². The minimum Gasteiger partial charge on any atom is -0.485 e. The predicted octanol–water partition coefficient (Wildman–Crippen LogP) is 2.72. The highest BCUT2D eigenvalue weighted by Gasteiger charge is 2.19. The number of para-hydroxylation sites is 1. The Morgan fingerprint density at radius 2 is 1.80 bits per heavy atom. The fourth-order valence-electron chi connectivity index (χ4n) is 1.58. The Morgan fingerprint density at radius 3 is 2.45 bits per heavy atom. The number of rotatable bonds is 8. The molecule has 0 spiro atoms. The van der Waals surface area contributed by atoms with Crippen LogP contribution in [0.15, 0.2) is 34.9 Å². The van der Waals surface area contributed by atoms with Gasteiger partial charge in [-0.1, -0.05) is 23.4 Å². The molecule has 6 heteroatoms. The average Bonchev–Trinajstić information content (AvgIpc) is 2.95. The standard InChI is InChI=1S/C14H18N2O4/c1-3-17-14(18-4-2)13-15-12(16-20-13)10-19-11-8-6-5-7-9-11/h5-9,14H,3-4,10H2,1-2H3. The van der Waals surface area contributed by atoms with Crippen molar-refractivity contribution in [1.29, 1.82) is 0 Å². The molecule has 0 fully saturated rings. The lowest BCUT2D eigenvalue weighted by atomic mass is 10.3. The van der Waals surface area contributed by atoms with E-state index in [1.54, 1.807) is 0 Å². The Bertz CT molecular complexity index is 495. The Kier molecular flexibility index (Phi) is 5.52. The molecule has 108 valence electrons. The van der Waals surface area contributed by atoms with Crippen LogP contribution in [0.5, 0.6) is 5.75 Å². The first kappa shape index (κ1) is 14.5. The maximum absolute atomic E-state index is 5.54. The highest BCUT2D eigenvalue weighted by atomic mass is 16.7. The van der Waals surface area contributed by atoms with E-state index in [1.165, 1.54) is 0 Å². The third-order valence-corrected chi connectivity index (χ3v) is 2.43. The first-order chi connectivity index (χ1) is 9.83. The second-order valence-electron chi connectivity index (χ2n) is 3.89. The first-order valence-electron chi connectivity index (χ1n) is 6.57. The molecule has 0 N–H and O–H groups in total. The molecule has 0 aliphatic rings. The minimum atomic E-state index is -0.622. The van der Waals surface area contributed by atoms with Crippen molar-refractivity contribution < 1.29 is 18.7 Å². The normalized spacial score (nSPS) is 10.9. The van der Waals surface area contributed by atoms with E-state index in [-0.39, 0.29) is 6.61 Å². The molecule has 0 radical (unpaired) electrons. The zero-order chi connectivity index (χ0) is 14.2. The highest BCUT2D eigenvalue weighted by molar-refractivity contribution is 5.20. The van der Waals surface area contributed by atoms with Crippen LogP contribution in [0.3, 0.4) is 0 Å². The summed E-state index contributed by atoms with van der Waals surface area (Å²) in [6.45, 7) is 4.99. The Hall–Kier alpha value is -1.92. The molecule has 0 aliphatic heterocycles. The van der Waals surface area contributed by atoms with E-state index in [2.05, 4.69) is 10.1 Å². The second kappa shape index (κ2) is 7.62.